The number of aryl methyl sites for hydroxylation is 1. The van der Waals surface area contributed by atoms with Gasteiger partial charge in [-0.25, -0.2) is 9.50 Å². The molecule has 1 aromatic carbocycles. The number of benzene rings is 1. The van der Waals surface area contributed by atoms with Gasteiger partial charge in [0, 0.05) is 30.5 Å². The highest BCUT2D eigenvalue weighted by atomic mass is 16.2. The smallest absolute Gasteiger partial charge is 0.276 e. The molecule has 0 saturated carbocycles. The molecule has 0 unspecified atom stereocenters. The number of likely N-dealkylation sites (tertiary alicyclic amines) is 1. The highest BCUT2D eigenvalue weighted by Gasteiger charge is 2.21. The number of fused-ring (bicyclic) bond motifs is 1. The normalized spacial score (nSPS) is 14.3. The standard InChI is InChI=1S/C20H21N5O2/c1-14-7-8-15(12-16(14)20(27)24-10-3-2-4-11-24)23-19(26)17-13-21-18-6-5-9-22-25(17)18/h5-9,12-13H,2-4,10-11H2,1H3,(H,23,26). The maximum absolute atomic E-state index is 12.9. The lowest BCUT2D eigenvalue weighted by atomic mass is 10.0. The minimum absolute atomic E-state index is 0.0276. The van der Waals surface area contributed by atoms with Crippen molar-refractivity contribution in [1.29, 1.82) is 0 Å². The lowest BCUT2D eigenvalue weighted by Crippen LogP contribution is -2.36. The van der Waals surface area contributed by atoms with Gasteiger partial charge in [-0.15, -0.1) is 0 Å². The maximum atomic E-state index is 12.9. The van der Waals surface area contributed by atoms with E-state index in [2.05, 4.69) is 15.4 Å². The molecule has 0 atom stereocenters. The van der Waals surface area contributed by atoms with Gasteiger partial charge in [0.25, 0.3) is 11.8 Å². The third kappa shape index (κ3) is 3.40. The second-order valence-electron chi connectivity index (χ2n) is 6.77. The summed E-state index contributed by atoms with van der Waals surface area (Å²) in [5.74, 6) is -0.291. The Balaban J connectivity index is 1.57. The van der Waals surface area contributed by atoms with Gasteiger partial charge in [-0.05, 0) is 56.0 Å². The summed E-state index contributed by atoms with van der Waals surface area (Å²) in [7, 11) is 0. The van der Waals surface area contributed by atoms with E-state index in [0.717, 1.165) is 31.5 Å². The fourth-order valence-electron chi connectivity index (χ4n) is 3.38. The Hall–Kier alpha value is -3.22. The van der Waals surface area contributed by atoms with Crippen molar-refractivity contribution in [3.05, 3.63) is 59.5 Å². The molecule has 0 spiro atoms. The molecule has 7 heteroatoms. The van der Waals surface area contributed by atoms with E-state index in [4.69, 9.17) is 0 Å². The Labute approximate surface area is 157 Å². The number of carbonyl (C=O) groups excluding carboxylic acids is 2. The number of hydrogen-bond acceptors (Lipinski definition) is 4. The fourth-order valence-corrected chi connectivity index (χ4v) is 3.38. The Morgan fingerprint density at radius 1 is 1.11 bits per heavy atom. The zero-order chi connectivity index (χ0) is 18.8. The molecule has 1 fully saturated rings. The molecule has 2 amide bonds. The predicted octanol–water partition coefficient (Wildman–Crippen LogP) is 2.92. The van der Waals surface area contributed by atoms with Gasteiger partial charge in [-0.2, -0.15) is 5.10 Å². The first-order valence-electron chi connectivity index (χ1n) is 9.13. The monoisotopic (exact) mass is 363 g/mol. The van der Waals surface area contributed by atoms with E-state index in [0.29, 0.717) is 22.6 Å². The molecular weight excluding hydrogens is 342 g/mol. The number of piperidine rings is 1. The zero-order valence-electron chi connectivity index (χ0n) is 15.2. The zero-order valence-corrected chi connectivity index (χ0v) is 15.2. The molecule has 1 aliphatic rings. The van der Waals surface area contributed by atoms with Crippen molar-refractivity contribution < 1.29 is 9.59 Å². The summed E-state index contributed by atoms with van der Waals surface area (Å²) in [6.45, 7) is 3.50. The largest absolute Gasteiger partial charge is 0.339 e. The average molecular weight is 363 g/mol. The van der Waals surface area contributed by atoms with E-state index in [9.17, 15) is 9.59 Å². The molecule has 7 nitrogen and oxygen atoms in total. The van der Waals surface area contributed by atoms with Crippen LogP contribution in [-0.4, -0.2) is 44.4 Å². The molecule has 1 saturated heterocycles. The molecule has 4 rings (SSSR count). The number of carbonyl (C=O) groups is 2. The number of imidazole rings is 1. The molecule has 0 aliphatic carbocycles. The van der Waals surface area contributed by atoms with E-state index < -0.39 is 0 Å². The van der Waals surface area contributed by atoms with Gasteiger partial charge in [0.15, 0.2) is 11.3 Å². The van der Waals surface area contributed by atoms with E-state index in [1.807, 2.05) is 17.9 Å². The average Bonchev–Trinajstić information content (AvgIpc) is 3.14. The van der Waals surface area contributed by atoms with E-state index >= 15 is 0 Å². The van der Waals surface area contributed by atoms with Crippen molar-refractivity contribution in [1.82, 2.24) is 19.5 Å². The number of anilines is 1. The summed E-state index contributed by atoms with van der Waals surface area (Å²) in [5, 5.41) is 7.01. The molecule has 1 N–H and O–H groups in total. The fraction of sp³-hybridized carbons (Fsp3) is 0.300. The summed E-state index contributed by atoms with van der Waals surface area (Å²) in [4.78, 5) is 31.6. The minimum Gasteiger partial charge on any atom is -0.339 e. The second-order valence-corrected chi connectivity index (χ2v) is 6.77. The molecule has 0 bridgehead atoms. The van der Waals surface area contributed by atoms with Crippen molar-refractivity contribution in [2.45, 2.75) is 26.2 Å². The van der Waals surface area contributed by atoms with Gasteiger partial charge in [0.1, 0.15) is 0 Å². The summed E-state index contributed by atoms with van der Waals surface area (Å²) < 4.78 is 1.49. The van der Waals surface area contributed by atoms with Gasteiger partial charge < -0.3 is 10.2 Å². The van der Waals surface area contributed by atoms with Crippen LogP contribution in [0.1, 0.15) is 45.7 Å². The highest BCUT2D eigenvalue weighted by Crippen LogP contribution is 2.20. The summed E-state index contributed by atoms with van der Waals surface area (Å²) in [6, 6.07) is 8.96. The lowest BCUT2D eigenvalue weighted by molar-refractivity contribution is 0.0723. The Bertz CT molecular complexity index is 1000. The van der Waals surface area contributed by atoms with Gasteiger partial charge in [-0.1, -0.05) is 6.07 Å². The molecule has 2 aromatic heterocycles. The van der Waals surface area contributed by atoms with Crippen LogP contribution in [0.4, 0.5) is 5.69 Å². The van der Waals surface area contributed by atoms with E-state index in [1.165, 1.54) is 17.1 Å². The number of rotatable bonds is 3. The Kier molecular flexibility index (Phi) is 4.58. The number of nitrogens with zero attached hydrogens (tertiary/aromatic N) is 4. The molecule has 3 aromatic rings. The van der Waals surface area contributed by atoms with Gasteiger partial charge in [-0.3, -0.25) is 9.59 Å². The first-order valence-corrected chi connectivity index (χ1v) is 9.13. The van der Waals surface area contributed by atoms with Gasteiger partial charge >= 0.3 is 0 Å². The van der Waals surface area contributed by atoms with E-state index in [1.54, 1.807) is 30.5 Å². The first-order chi connectivity index (χ1) is 13.1. The lowest BCUT2D eigenvalue weighted by Gasteiger charge is -2.27. The molecule has 0 radical (unpaired) electrons. The summed E-state index contributed by atoms with van der Waals surface area (Å²) >= 11 is 0. The van der Waals surface area contributed by atoms with Crippen LogP contribution in [0, 0.1) is 6.92 Å². The third-order valence-electron chi connectivity index (χ3n) is 4.88. The number of amides is 2. The molecular formula is C20H21N5O2. The van der Waals surface area contributed by atoms with Crippen LogP contribution < -0.4 is 5.32 Å². The predicted molar refractivity (Wildman–Crippen MR) is 102 cm³/mol. The number of hydrogen-bond donors (Lipinski definition) is 1. The molecule has 27 heavy (non-hydrogen) atoms. The van der Waals surface area contributed by atoms with Crippen molar-refractivity contribution >= 4 is 23.1 Å². The highest BCUT2D eigenvalue weighted by molar-refractivity contribution is 6.04. The Morgan fingerprint density at radius 3 is 2.74 bits per heavy atom. The van der Waals surface area contributed by atoms with Crippen LogP contribution in [0.15, 0.2) is 42.7 Å². The summed E-state index contributed by atoms with van der Waals surface area (Å²) in [6.07, 6.45) is 6.36. The van der Waals surface area contributed by atoms with Crippen molar-refractivity contribution in [3.63, 3.8) is 0 Å². The Morgan fingerprint density at radius 2 is 1.93 bits per heavy atom. The maximum Gasteiger partial charge on any atom is 0.276 e. The summed E-state index contributed by atoms with van der Waals surface area (Å²) in [5.41, 5.74) is 3.06. The number of nitrogens with one attached hydrogen (secondary N) is 1. The van der Waals surface area contributed by atoms with Crippen LogP contribution in [0.2, 0.25) is 0 Å². The quantitative estimate of drug-likeness (QED) is 0.776. The van der Waals surface area contributed by atoms with Crippen LogP contribution >= 0.6 is 0 Å². The van der Waals surface area contributed by atoms with Crippen molar-refractivity contribution in [2.75, 3.05) is 18.4 Å². The SMILES string of the molecule is Cc1ccc(NC(=O)c2cnc3cccnn23)cc1C(=O)N1CCCCC1. The molecule has 3 heterocycles. The van der Waals surface area contributed by atoms with Crippen LogP contribution in [0.3, 0.4) is 0 Å². The topological polar surface area (TPSA) is 79.6 Å². The number of aromatic nitrogens is 3. The van der Waals surface area contributed by atoms with Gasteiger partial charge in [0.05, 0.1) is 6.20 Å². The molecule has 1 aliphatic heterocycles. The van der Waals surface area contributed by atoms with E-state index in [-0.39, 0.29) is 11.8 Å². The van der Waals surface area contributed by atoms with Crippen LogP contribution in [0.5, 0.6) is 0 Å². The third-order valence-corrected chi connectivity index (χ3v) is 4.88. The van der Waals surface area contributed by atoms with Crippen LogP contribution in [0.25, 0.3) is 5.65 Å². The van der Waals surface area contributed by atoms with Crippen molar-refractivity contribution in [3.8, 4) is 0 Å². The van der Waals surface area contributed by atoms with Gasteiger partial charge in [0.2, 0.25) is 0 Å². The van der Waals surface area contributed by atoms with Crippen molar-refractivity contribution in [2.24, 2.45) is 0 Å². The second kappa shape index (κ2) is 7.19. The minimum atomic E-state index is -0.318. The van der Waals surface area contributed by atoms with Crippen LogP contribution in [-0.2, 0) is 0 Å². The first kappa shape index (κ1) is 17.2. The molecule has 138 valence electrons.